The van der Waals surface area contributed by atoms with Crippen LogP contribution in [0.15, 0.2) is 59.5 Å². The number of carbonyl (C=O) groups is 2. The van der Waals surface area contributed by atoms with Gasteiger partial charge in [-0.05, 0) is 86.0 Å². The van der Waals surface area contributed by atoms with Gasteiger partial charge in [0.1, 0.15) is 5.82 Å². The fraction of sp³-hybridized carbons (Fsp3) is 0.286. The van der Waals surface area contributed by atoms with E-state index < -0.39 is 28.1 Å². The van der Waals surface area contributed by atoms with Crippen molar-refractivity contribution >= 4 is 39.0 Å². The van der Waals surface area contributed by atoms with E-state index in [4.69, 9.17) is 9.90 Å². The highest BCUT2D eigenvalue weighted by molar-refractivity contribution is 7.92. The third kappa shape index (κ3) is 7.90. The molecule has 0 saturated carbocycles. The summed E-state index contributed by atoms with van der Waals surface area (Å²) in [6, 6.07) is 14.3. The zero-order valence-electron chi connectivity index (χ0n) is 22.9. The first-order valence-corrected chi connectivity index (χ1v) is 14.0. The molecule has 3 aromatic rings. The number of benzene rings is 3. The first-order chi connectivity index (χ1) is 19.5. The molecule has 3 N–H and O–H groups in total. The summed E-state index contributed by atoms with van der Waals surface area (Å²) in [5, 5.41) is 16.6. The summed E-state index contributed by atoms with van der Waals surface area (Å²) in [6.07, 6.45) is -5.08. The van der Waals surface area contributed by atoms with Crippen molar-refractivity contribution in [2.45, 2.75) is 31.8 Å². The summed E-state index contributed by atoms with van der Waals surface area (Å²) in [7, 11) is -3.96. The standard InChI is InChI=1S/C26H28FN3O4S.C2HF3O2/c1-17-14-19(3)25(15-18(17)2)35(33,34)28-23-16-20(26(31)32)4-9-24(23)30-12-10-29(11-13-30)22-7-5-21(27)6-8-22;3-2(4,5)1(6)7/h4-9,14-16,28H,10-13H2,1-3H3,(H,31,32);(H,6,7). The monoisotopic (exact) mass is 611 g/mol. The number of hydrogen-bond acceptors (Lipinski definition) is 6. The number of anilines is 3. The van der Waals surface area contributed by atoms with Crippen LogP contribution in [0.4, 0.5) is 34.6 Å². The van der Waals surface area contributed by atoms with E-state index in [9.17, 15) is 35.9 Å². The molecule has 3 aromatic carbocycles. The predicted octanol–water partition coefficient (Wildman–Crippen LogP) is 5.21. The first kappa shape index (κ1) is 32.2. The number of aliphatic carboxylic acids is 1. The average Bonchev–Trinajstić information content (AvgIpc) is 2.91. The van der Waals surface area contributed by atoms with Gasteiger partial charge in [-0.15, -0.1) is 0 Å². The Labute approximate surface area is 240 Å². The van der Waals surface area contributed by atoms with Gasteiger partial charge in [-0.1, -0.05) is 6.07 Å². The summed E-state index contributed by atoms with van der Waals surface area (Å²) >= 11 is 0. The van der Waals surface area contributed by atoms with Crippen LogP contribution in [0.2, 0.25) is 0 Å². The zero-order valence-corrected chi connectivity index (χ0v) is 23.7. The van der Waals surface area contributed by atoms with E-state index in [2.05, 4.69) is 9.62 Å². The quantitative estimate of drug-likeness (QED) is 0.325. The van der Waals surface area contributed by atoms with Gasteiger partial charge in [0.2, 0.25) is 0 Å². The molecule has 14 heteroatoms. The maximum Gasteiger partial charge on any atom is 0.490 e. The number of sulfonamides is 1. The molecule has 226 valence electrons. The van der Waals surface area contributed by atoms with Crippen LogP contribution in [0.1, 0.15) is 27.0 Å². The molecule has 0 radical (unpaired) electrons. The van der Waals surface area contributed by atoms with E-state index in [1.54, 1.807) is 31.2 Å². The molecule has 1 fully saturated rings. The van der Waals surface area contributed by atoms with Crippen LogP contribution in [0.3, 0.4) is 0 Å². The maximum atomic E-state index is 13.4. The van der Waals surface area contributed by atoms with Gasteiger partial charge in [-0.2, -0.15) is 13.2 Å². The number of aryl methyl sites for hydroxylation is 3. The van der Waals surface area contributed by atoms with Gasteiger partial charge in [0, 0.05) is 31.9 Å². The van der Waals surface area contributed by atoms with Crippen LogP contribution in [-0.2, 0) is 14.8 Å². The molecular formula is C28H29F4N3O6S. The molecular weight excluding hydrogens is 582 g/mol. The number of carboxylic acids is 2. The fourth-order valence-corrected chi connectivity index (χ4v) is 5.69. The van der Waals surface area contributed by atoms with Crippen LogP contribution < -0.4 is 14.5 Å². The van der Waals surface area contributed by atoms with Gasteiger partial charge in [0.05, 0.1) is 21.8 Å². The number of hydrogen-bond donors (Lipinski definition) is 3. The van der Waals surface area contributed by atoms with Gasteiger partial charge < -0.3 is 20.0 Å². The molecule has 0 atom stereocenters. The van der Waals surface area contributed by atoms with Crippen molar-refractivity contribution in [3.8, 4) is 0 Å². The van der Waals surface area contributed by atoms with Crippen LogP contribution in [-0.4, -0.2) is 62.9 Å². The Morgan fingerprint density at radius 1 is 0.810 bits per heavy atom. The highest BCUT2D eigenvalue weighted by atomic mass is 32.2. The number of piperazine rings is 1. The summed E-state index contributed by atoms with van der Waals surface area (Å²) in [5.74, 6) is -4.19. The van der Waals surface area contributed by atoms with E-state index in [1.807, 2.05) is 24.8 Å². The predicted molar refractivity (Wildman–Crippen MR) is 149 cm³/mol. The summed E-state index contributed by atoms with van der Waals surface area (Å²) in [5.41, 5.74) is 4.20. The topological polar surface area (TPSA) is 127 Å². The zero-order chi connectivity index (χ0) is 31.4. The van der Waals surface area contributed by atoms with Crippen LogP contribution in [0.25, 0.3) is 0 Å². The highest BCUT2D eigenvalue weighted by Crippen LogP contribution is 2.32. The SMILES string of the molecule is Cc1cc(C)c(S(=O)(=O)Nc2cc(C(=O)O)ccc2N2CCN(c3ccc(F)cc3)CC2)cc1C.O=C(O)C(F)(F)F. The molecule has 42 heavy (non-hydrogen) atoms. The van der Waals surface area contributed by atoms with Gasteiger partial charge in [0.15, 0.2) is 0 Å². The Hall–Kier alpha value is -4.33. The molecule has 0 amide bonds. The molecule has 1 aliphatic heterocycles. The number of aromatic carboxylic acids is 1. The average molecular weight is 612 g/mol. The molecule has 0 spiro atoms. The van der Waals surface area contributed by atoms with Crippen molar-refractivity contribution in [2.24, 2.45) is 0 Å². The Bertz CT molecular complexity index is 1570. The number of nitrogens with one attached hydrogen (secondary N) is 1. The number of alkyl halides is 3. The van der Waals surface area contributed by atoms with E-state index >= 15 is 0 Å². The lowest BCUT2D eigenvalue weighted by molar-refractivity contribution is -0.192. The van der Waals surface area contributed by atoms with Crippen LogP contribution in [0, 0.1) is 26.6 Å². The number of nitrogens with zero attached hydrogens (tertiary/aromatic N) is 2. The van der Waals surface area contributed by atoms with Gasteiger partial charge in [0.25, 0.3) is 10.0 Å². The van der Waals surface area contributed by atoms with E-state index in [0.29, 0.717) is 37.4 Å². The van der Waals surface area contributed by atoms with Gasteiger partial charge in [-0.3, -0.25) is 4.72 Å². The fourth-order valence-electron chi connectivity index (χ4n) is 4.31. The number of carboxylic acid groups (broad SMARTS) is 2. The van der Waals surface area contributed by atoms with Crippen LogP contribution in [0.5, 0.6) is 0 Å². The van der Waals surface area contributed by atoms with E-state index in [1.165, 1.54) is 24.3 Å². The third-order valence-electron chi connectivity index (χ3n) is 6.62. The van der Waals surface area contributed by atoms with Crippen molar-refractivity contribution in [1.82, 2.24) is 0 Å². The largest absolute Gasteiger partial charge is 0.490 e. The lowest BCUT2D eigenvalue weighted by atomic mass is 10.1. The third-order valence-corrected chi connectivity index (χ3v) is 8.13. The van der Waals surface area contributed by atoms with Crippen molar-refractivity contribution in [3.63, 3.8) is 0 Å². The summed E-state index contributed by atoms with van der Waals surface area (Å²) in [6.45, 7) is 7.98. The molecule has 0 unspecified atom stereocenters. The van der Waals surface area contributed by atoms with Gasteiger partial charge >= 0.3 is 18.1 Å². The van der Waals surface area contributed by atoms with Crippen molar-refractivity contribution in [2.75, 3.05) is 40.7 Å². The van der Waals surface area contributed by atoms with Gasteiger partial charge in [-0.25, -0.2) is 22.4 Å². The number of rotatable bonds is 6. The molecule has 1 saturated heterocycles. The van der Waals surface area contributed by atoms with Crippen molar-refractivity contribution < 1.29 is 45.8 Å². The molecule has 4 rings (SSSR count). The first-order valence-electron chi connectivity index (χ1n) is 12.5. The molecule has 0 aromatic heterocycles. The minimum absolute atomic E-state index is 0.00629. The second-order valence-electron chi connectivity index (χ2n) is 9.60. The Balaban J connectivity index is 0.000000616. The minimum Gasteiger partial charge on any atom is -0.478 e. The number of halogens is 4. The highest BCUT2D eigenvalue weighted by Gasteiger charge is 2.38. The smallest absolute Gasteiger partial charge is 0.478 e. The molecule has 9 nitrogen and oxygen atoms in total. The van der Waals surface area contributed by atoms with E-state index in [0.717, 1.165) is 16.8 Å². The minimum atomic E-state index is -5.08. The Morgan fingerprint density at radius 3 is 1.86 bits per heavy atom. The second kappa shape index (κ2) is 12.7. The van der Waals surface area contributed by atoms with E-state index in [-0.39, 0.29) is 22.0 Å². The van der Waals surface area contributed by atoms with Crippen LogP contribution >= 0.6 is 0 Å². The Morgan fingerprint density at radius 2 is 1.33 bits per heavy atom. The molecule has 0 aliphatic carbocycles. The second-order valence-corrected chi connectivity index (χ2v) is 11.2. The van der Waals surface area contributed by atoms with Crippen molar-refractivity contribution in [3.05, 3.63) is 82.7 Å². The van der Waals surface area contributed by atoms with Crippen molar-refractivity contribution in [1.29, 1.82) is 0 Å². The maximum absolute atomic E-state index is 13.4. The summed E-state index contributed by atoms with van der Waals surface area (Å²) < 4.78 is 74.4. The normalized spacial score (nSPS) is 13.7. The molecule has 0 bridgehead atoms. The Kier molecular flexibility index (Phi) is 9.71. The lowest BCUT2D eigenvalue weighted by Gasteiger charge is -2.38. The molecule has 1 aliphatic rings. The summed E-state index contributed by atoms with van der Waals surface area (Å²) in [4.78, 5) is 24.8. The molecule has 1 heterocycles. The lowest BCUT2D eigenvalue weighted by Crippen LogP contribution is -2.46.